The van der Waals surface area contributed by atoms with E-state index in [4.69, 9.17) is 16.3 Å². The highest BCUT2D eigenvalue weighted by molar-refractivity contribution is 7.92. The van der Waals surface area contributed by atoms with Gasteiger partial charge in [-0.3, -0.25) is 14.1 Å². The summed E-state index contributed by atoms with van der Waals surface area (Å²) in [6, 6.07) is 8.20. The summed E-state index contributed by atoms with van der Waals surface area (Å²) in [5.41, 5.74) is 1.21. The smallest absolute Gasteiger partial charge is 0.263 e. The zero-order valence-electron chi connectivity index (χ0n) is 13.3. The van der Waals surface area contributed by atoms with E-state index in [0.29, 0.717) is 23.0 Å². The molecule has 7 nitrogen and oxygen atoms in total. The molecule has 1 aliphatic heterocycles. The lowest BCUT2D eigenvalue weighted by Crippen LogP contribution is -2.50. The number of halogens is 1. The van der Waals surface area contributed by atoms with Gasteiger partial charge in [-0.15, -0.1) is 0 Å². The van der Waals surface area contributed by atoms with E-state index in [9.17, 15) is 13.2 Å². The minimum atomic E-state index is -3.58. The van der Waals surface area contributed by atoms with Crippen LogP contribution < -0.4 is 14.4 Å². The normalized spacial score (nSPS) is 16.7. The molecule has 1 aromatic carbocycles. The Labute approximate surface area is 150 Å². The zero-order chi connectivity index (χ0) is 18.0. The van der Waals surface area contributed by atoms with Gasteiger partial charge in [0, 0.05) is 24.0 Å². The van der Waals surface area contributed by atoms with Crippen molar-refractivity contribution < 1.29 is 17.9 Å². The number of sulfonamides is 1. The van der Waals surface area contributed by atoms with Crippen molar-refractivity contribution in [2.24, 2.45) is 0 Å². The Balaban J connectivity index is 1.79. The number of pyridine rings is 1. The third-order valence-corrected chi connectivity index (χ3v) is 5.08. The molecule has 9 heteroatoms. The van der Waals surface area contributed by atoms with E-state index in [1.807, 2.05) is 0 Å². The highest BCUT2D eigenvalue weighted by Crippen LogP contribution is 2.37. The molecular formula is C16H16ClN3O4S. The zero-order valence-corrected chi connectivity index (χ0v) is 14.9. The molecule has 0 radical (unpaired) electrons. The molecule has 1 aromatic heterocycles. The molecule has 25 heavy (non-hydrogen) atoms. The first-order chi connectivity index (χ1) is 11.8. The molecule has 2 aromatic rings. The fraction of sp³-hybridized carbons (Fsp3) is 0.250. The van der Waals surface area contributed by atoms with Crippen molar-refractivity contribution in [1.82, 2.24) is 10.3 Å². The summed E-state index contributed by atoms with van der Waals surface area (Å²) in [7, 11) is -3.58. The Bertz CT molecular complexity index is 890. The van der Waals surface area contributed by atoms with Crippen LogP contribution >= 0.6 is 11.6 Å². The van der Waals surface area contributed by atoms with Crippen LogP contribution in [0.25, 0.3) is 0 Å². The molecular weight excluding hydrogens is 366 g/mol. The van der Waals surface area contributed by atoms with E-state index in [-0.39, 0.29) is 6.54 Å². The Morgan fingerprint density at radius 2 is 2.08 bits per heavy atom. The minimum absolute atomic E-state index is 0.117. The van der Waals surface area contributed by atoms with E-state index in [0.717, 1.165) is 16.1 Å². The average Bonchev–Trinajstić information content (AvgIpc) is 2.58. The standard InChI is InChI=1S/C16H16ClN3O4S/c1-25(22,23)20-10-15(24-14-3-2-12(17)8-13(14)20)16(21)19-9-11-4-6-18-7-5-11/h2-8,15H,9-10H2,1H3,(H,19,21)/t15-/m1/s1. The molecule has 2 heterocycles. The molecule has 0 unspecified atom stereocenters. The maximum Gasteiger partial charge on any atom is 0.263 e. The van der Waals surface area contributed by atoms with Gasteiger partial charge in [0.05, 0.1) is 18.5 Å². The Morgan fingerprint density at radius 3 is 2.76 bits per heavy atom. The number of ether oxygens (including phenoxy) is 1. The van der Waals surface area contributed by atoms with E-state index in [1.165, 1.54) is 6.07 Å². The number of hydrogen-bond acceptors (Lipinski definition) is 5. The van der Waals surface area contributed by atoms with E-state index in [1.54, 1.807) is 36.7 Å². The number of hydrogen-bond donors (Lipinski definition) is 1. The number of anilines is 1. The molecule has 3 rings (SSSR count). The summed E-state index contributed by atoms with van der Waals surface area (Å²) < 4.78 is 31.0. The number of carbonyl (C=O) groups excluding carboxylic acids is 1. The Kier molecular flexibility index (Phi) is 4.82. The van der Waals surface area contributed by atoms with Crippen molar-refractivity contribution in [3.8, 4) is 5.75 Å². The lowest BCUT2D eigenvalue weighted by molar-refractivity contribution is -0.127. The highest BCUT2D eigenvalue weighted by atomic mass is 35.5. The summed E-state index contributed by atoms with van der Waals surface area (Å²) in [5.74, 6) is -0.101. The second kappa shape index (κ2) is 6.89. The fourth-order valence-corrected chi connectivity index (χ4v) is 3.55. The maximum atomic E-state index is 12.4. The minimum Gasteiger partial charge on any atom is -0.476 e. The first-order valence-corrected chi connectivity index (χ1v) is 9.68. The van der Waals surface area contributed by atoms with Gasteiger partial charge in [0.25, 0.3) is 5.91 Å². The number of rotatable bonds is 4. The van der Waals surface area contributed by atoms with Crippen LogP contribution in [-0.4, -0.2) is 38.2 Å². The third kappa shape index (κ3) is 4.02. The average molecular weight is 382 g/mol. The van der Waals surface area contributed by atoms with Gasteiger partial charge >= 0.3 is 0 Å². The number of benzene rings is 1. The lowest BCUT2D eigenvalue weighted by atomic mass is 10.2. The highest BCUT2D eigenvalue weighted by Gasteiger charge is 2.35. The summed E-state index contributed by atoms with van der Waals surface area (Å²) in [6.07, 6.45) is 3.38. The molecule has 0 spiro atoms. The van der Waals surface area contributed by atoms with Gasteiger partial charge in [-0.05, 0) is 35.9 Å². The van der Waals surface area contributed by atoms with Crippen molar-refractivity contribution in [2.45, 2.75) is 12.6 Å². The molecule has 1 aliphatic rings. The molecule has 0 fully saturated rings. The van der Waals surface area contributed by atoms with E-state index >= 15 is 0 Å². The first-order valence-electron chi connectivity index (χ1n) is 7.45. The second-order valence-electron chi connectivity index (χ2n) is 5.59. The molecule has 1 amide bonds. The summed E-state index contributed by atoms with van der Waals surface area (Å²) in [5, 5.41) is 3.13. The number of nitrogens with one attached hydrogen (secondary N) is 1. The topological polar surface area (TPSA) is 88.6 Å². The Morgan fingerprint density at radius 1 is 1.36 bits per heavy atom. The summed E-state index contributed by atoms with van der Waals surface area (Å²) in [4.78, 5) is 16.3. The molecule has 0 saturated carbocycles. The molecule has 0 bridgehead atoms. The number of carbonyl (C=O) groups is 1. The number of aromatic nitrogens is 1. The number of amides is 1. The van der Waals surface area contributed by atoms with Crippen LogP contribution in [0.15, 0.2) is 42.7 Å². The predicted molar refractivity (Wildman–Crippen MR) is 94.1 cm³/mol. The van der Waals surface area contributed by atoms with Crippen LogP contribution in [0.3, 0.4) is 0 Å². The molecule has 0 aliphatic carbocycles. The van der Waals surface area contributed by atoms with Crippen LogP contribution in [0.1, 0.15) is 5.56 Å². The monoisotopic (exact) mass is 381 g/mol. The van der Waals surface area contributed by atoms with Gasteiger partial charge in [-0.25, -0.2) is 8.42 Å². The van der Waals surface area contributed by atoms with Crippen LogP contribution in [0, 0.1) is 0 Å². The van der Waals surface area contributed by atoms with Crippen molar-refractivity contribution in [2.75, 3.05) is 17.1 Å². The van der Waals surface area contributed by atoms with E-state index in [2.05, 4.69) is 10.3 Å². The largest absolute Gasteiger partial charge is 0.476 e. The van der Waals surface area contributed by atoms with Gasteiger partial charge in [0.2, 0.25) is 10.0 Å². The number of fused-ring (bicyclic) bond motifs is 1. The quantitative estimate of drug-likeness (QED) is 0.868. The first kappa shape index (κ1) is 17.5. The SMILES string of the molecule is CS(=O)(=O)N1C[C@H](C(=O)NCc2ccncc2)Oc2ccc(Cl)cc21. The predicted octanol–water partition coefficient (Wildman–Crippen LogP) is 1.58. The molecule has 1 N–H and O–H groups in total. The second-order valence-corrected chi connectivity index (χ2v) is 7.93. The van der Waals surface area contributed by atoms with Crippen LogP contribution in [0.4, 0.5) is 5.69 Å². The maximum absolute atomic E-state index is 12.4. The van der Waals surface area contributed by atoms with Crippen LogP contribution in [0.2, 0.25) is 5.02 Å². The molecule has 132 valence electrons. The summed E-state index contributed by atoms with van der Waals surface area (Å²) in [6.45, 7) is 0.182. The fourth-order valence-electron chi connectivity index (χ4n) is 2.48. The van der Waals surface area contributed by atoms with Crippen molar-refractivity contribution >= 4 is 33.2 Å². The number of nitrogens with zero attached hydrogens (tertiary/aromatic N) is 2. The van der Waals surface area contributed by atoms with Crippen molar-refractivity contribution in [3.63, 3.8) is 0 Å². The van der Waals surface area contributed by atoms with Crippen LogP contribution in [0.5, 0.6) is 5.75 Å². The van der Waals surface area contributed by atoms with Gasteiger partial charge in [-0.1, -0.05) is 11.6 Å². The van der Waals surface area contributed by atoms with Gasteiger partial charge in [0.15, 0.2) is 6.10 Å². The molecule has 0 saturated heterocycles. The summed E-state index contributed by atoms with van der Waals surface area (Å²) >= 11 is 5.95. The van der Waals surface area contributed by atoms with E-state index < -0.39 is 22.0 Å². The van der Waals surface area contributed by atoms with Gasteiger partial charge in [0.1, 0.15) is 5.75 Å². The van der Waals surface area contributed by atoms with Crippen LogP contribution in [-0.2, 0) is 21.4 Å². The van der Waals surface area contributed by atoms with Gasteiger partial charge < -0.3 is 10.1 Å². The lowest BCUT2D eigenvalue weighted by Gasteiger charge is -2.34. The molecule has 1 atom stereocenters. The van der Waals surface area contributed by atoms with Gasteiger partial charge in [-0.2, -0.15) is 0 Å². The third-order valence-electron chi connectivity index (χ3n) is 3.70. The van der Waals surface area contributed by atoms with Crippen molar-refractivity contribution in [1.29, 1.82) is 0 Å². The Hall–Kier alpha value is -2.32. The van der Waals surface area contributed by atoms with Crippen molar-refractivity contribution in [3.05, 3.63) is 53.3 Å².